The van der Waals surface area contributed by atoms with Gasteiger partial charge in [-0.15, -0.1) is 0 Å². The Kier molecular flexibility index (Phi) is 8.28. The van der Waals surface area contributed by atoms with Crippen LogP contribution in [0.3, 0.4) is 0 Å². The average molecular weight is 366 g/mol. The zero-order chi connectivity index (χ0) is 19.5. The van der Waals surface area contributed by atoms with Gasteiger partial charge in [0.05, 0.1) is 32.8 Å². The molecule has 1 heterocycles. The van der Waals surface area contributed by atoms with Gasteiger partial charge in [-0.25, -0.2) is 9.97 Å². The van der Waals surface area contributed by atoms with Gasteiger partial charge in [-0.05, 0) is 23.9 Å². The zero-order valence-electron chi connectivity index (χ0n) is 15.4. The molecule has 27 heavy (non-hydrogen) atoms. The van der Waals surface area contributed by atoms with Crippen LogP contribution in [0.25, 0.3) is 0 Å². The summed E-state index contributed by atoms with van der Waals surface area (Å²) in [6.07, 6.45) is 4.80. The minimum Gasteiger partial charge on any atom is -0.490 e. The van der Waals surface area contributed by atoms with Gasteiger partial charge in [0.1, 0.15) is 5.82 Å². The van der Waals surface area contributed by atoms with E-state index in [2.05, 4.69) is 20.6 Å². The topological polar surface area (TPSA) is 93.2 Å². The standard InChI is InChI=1S/C19H23BN4O3/c1-14(12-27-17-10-22-18(8-20)23-11-17)19(26)24-9-16-4-2-3-15(7-16)5-6-21-13-25/h2-4,7,10-11,13-14H,5-6,8-9,12H2,1H3,(H,21,25)(H,24,26). The Balaban J connectivity index is 1.76. The molecule has 140 valence electrons. The molecule has 7 nitrogen and oxygen atoms in total. The van der Waals surface area contributed by atoms with Crippen molar-refractivity contribution in [3.8, 4) is 5.75 Å². The van der Waals surface area contributed by atoms with E-state index in [0.717, 1.165) is 17.5 Å². The molecule has 0 aliphatic heterocycles. The number of rotatable bonds is 11. The van der Waals surface area contributed by atoms with Crippen molar-refractivity contribution in [1.82, 2.24) is 20.6 Å². The molecule has 1 atom stereocenters. The first-order chi connectivity index (χ1) is 13.1. The van der Waals surface area contributed by atoms with Gasteiger partial charge in [0, 0.05) is 13.1 Å². The Labute approximate surface area is 160 Å². The van der Waals surface area contributed by atoms with Crippen molar-refractivity contribution in [3.63, 3.8) is 0 Å². The maximum Gasteiger partial charge on any atom is 0.226 e. The van der Waals surface area contributed by atoms with Gasteiger partial charge in [-0.2, -0.15) is 0 Å². The fourth-order valence-corrected chi connectivity index (χ4v) is 2.35. The van der Waals surface area contributed by atoms with Crippen LogP contribution in [0, 0.1) is 5.92 Å². The lowest BCUT2D eigenvalue weighted by Crippen LogP contribution is -2.32. The molecule has 0 saturated carbocycles. The number of aromatic nitrogens is 2. The van der Waals surface area contributed by atoms with Gasteiger partial charge in [0.25, 0.3) is 0 Å². The smallest absolute Gasteiger partial charge is 0.226 e. The van der Waals surface area contributed by atoms with E-state index in [4.69, 9.17) is 12.6 Å². The summed E-state index contributed by atoms with van der Waals surface area (Å²) in [5.41, 5.74) is 2.11. The molecule has 0 spiro atoms. The largest absolute Gasteiger partial charge is 0.490 e. The van der Waals surface area contributed by atoms with E-state index in [1.165, 1.54) is 0 Å². The average Bonchev–Trinajstić information content (AvgIpc) is 2.71. The van der Waals surface area contributed by atoms with E-state index in [9.17, 15) is 9.59 Å². The Bertz CT molecular complexity index is 740. The third-order valence-electron chi connectivity index (χ3n) is 3.91. The molecular weight excluding hydrogens is 343 g/mol. The zero-order valence-corrected chi connectivity index (χ0v) is 15.4. The molecular formula is C19H23BN4O3. The van der Waals surface area contributed by atoms with E-state index < -0.39 is 0 Å². The Hall–Kier alpha value is -2.90. The van der Waals surface area contributed by atoms with Crippen LogP contribution in [0.1, 0.15) is 23.9 Å². The lowest BCUT2D eigenvalue weighted by atomic mass is 10.1. The molecule has 2 aromatic rings. The summed E-state index contributed by atoms with van der Waals surface area (Å²) in [6, 6.07) is 7.90. The summed E-state index contributed by atoms with van der Waals surface area (Å²) >= 11 is 0. The monoisotopic (exact) mass is 366 g/mol. The molecule has 0 aliphatic rings. The quantitative estimate of drug-likeness (QED) is 0.348. The van der Waals surface area contributed by atoms with Crippen LogP contribution in [0.2, 0.25) is 0 Å². The Morgan fingerprint density at radius 1 is 1.30 bits per heavy atom. The third kappa shape index (κ3) is 7.09. The highest BCUT2D eigenvalue weighted by Gasteiger charge is 2.13. The predicted octanol–water partition coefficient (Wildman–Crippen LogP) is 0.765. The summed E-state index contributed by atoms with van der Waals surface area (Å²) in [6.45, 7) is 3.05. The molecule has 2 radical (unpaired) electrons. The number of ether oxygens (including phenoxy) is 1. The maximum absolute atomic E-state index is 12.2. The molecule has 2 amide bonds. The number of nitrogens with one attached hydrogen (secondary N) is 2. The normalized spacial score (nSPS) is 11.4. The Morgan fingerprint density at radius 3 is 2.74 bits per heavy atom. The molecule has 8 heteroatoms. The third-order valence-corrected chi connectivity index (χ3v) is 3.91. The Morgan fingerprint density at radius 2 is 2.04 bits per heavy atom. The number of hydrogen-bond acceptors (Lipinski definition) is 5. The molecule has 0 fully saturated rings. The second kappa shape index (κ2) is 11.0. The summed E-state index contributed by atoms with van der Waals surface area (Å²) in [5, 5.41) is 5.55. The lowest BCUT2D eigenvalue weighted by molar-refractivity contribution is -0.125. The van der Waals surface area contributed by atoms with Crippen LogP contribution >= 0.6 is 0 Å². The minimum atomic E-state index is -0.320. The number of nitrogens with zero attached hydrogens (tertiary/aromatic N) is 2. The molecule has 1 aromatic heterocycles. The van der Waals surface area contributed by atoms with Crippen molar-refractivity contribution in [2.24, 2.45) is 5.92 Å². The molecule has 2 rings (SSSR count). The van der Waals surface area contributed by atoms with Crippen LogP contribution in [-0.4, -0.2) is 43.3 Å². The van der Waals surface area contributed by atoms with Crippen molar-refractivity contribution in [2.45, 2.75) is 26.2 Å². The number of benzene rings is 1. The summed E-state index contributed by atoms with van der Waals surface area (Å²) in [7, 11) is 5.45. The van der Waals surface area contributed by atoms with E-state index in [1.54, 1.807) is 19.3 Å². The number of carbonyl (C=O) groups excluding carboxylic acids is 2. The van der Waals surface area contributed by atoms with E-state index in [0.29, 0.717) is 31.1 Å². The van der Waals surface area contributed by atoms with Crippen LogP contribution in [0.15, 0.2) is 36.7 Å². The van der Waals surface area contributed by atoms with Crippen molar-refractivity contribution < 1.29 is 14.3 Å². The molecule has 2 N–H and O–H groups in total. The van der Waals surface area contributed by atoms with Gasteiger partial charge >= 0.3 is 0 Å². The van der Waals surface area contributed by atoms with Crippen molar-refractivity contribution in [2.75, 3.05) is 13.2 Å². The first-order valence-electron chi connectivity index (χ1n) is 8.78. The predicted molar refractivity (Wildman–Crippen MR) is 102 cm³/mol. The second-order valence-electron chi connectivity index (χ2n) is 6.11. The number of carbonyl (C=O) groups is 2. The van der Waals surface area contributed by atoms with Crippen molar-refractivity contribution in [3.05, 3.63) is 53.6 Å². The highest BCUT2D eigenvalue weighted by Crippen LogP contribution is 2.09. The van der Waals surface area contributed by atoms with E-state index in [-0.39, 0.29) is 24.8 Å². The molecule has 1 unspecified atom stereocenters. The SMILES string of the molecule is [B]Cc1ncc(OCC(C)C(=O)NCc2cccc(CCNC=O)c2)cn1. The van der Waals surface area contributed by atoms with E-state index >= 15 is 0 Å². The van der Waals surface area contributed by atoms with Gasteiger partial charge in [-0.3, -0.25) is 9.59 Å². The fraction of sp³-hybridized carbons (Fsp3) is 0.368. The molecule has 0 saturated heterocycles. The highest BCUT2D eigenvalue weighted by atomic mass is 16.5. The van der Waals surface area contributed by atoms with Crippen molar-refractivity contribution >= 4 is 20.2 Å². The van der Waals surface area contributed by atoms with Gasteiger partial charge in [0.2, 0.25) is 12.3 Å². The first kappa shape index (κ1) is 20.4. The van der Waals surface area contributed by atoms with Gasteiger partial charge < -0.3 is 15.4 Å². The highest BCUT2D eigenvalue weighted by molar-refractivity contribution is 6.07. The van der Waals surface area contributed by atoms with Crippen LogP contribution in [-0.2, 0) is 28.9 Å². The summed E-state index contributed by atoms with van der Waals surface area (Å²) in [5.74, 6) is 0.627. The second-order valence-corrected chi connectivity index (χ2v) is 6.11. The number of amides is 2. The lowest BCUT2D eigenvalue weighted by Gasteiger charge is -2.14. The first-order valence-corrected chi connectivity index (χ1v) is 8.78. The maximum atomic E-state index is 12.2. The van der Waals surface area contributed by atoms with Crippen LogP contribution in [0.4, 0.5) is 0 Å². The molecule has 1 aromatic carbocycles. The number of hydrogen-bond donors (Lipinski definition) is 2. The molecule has 0 aliphatic carbocycles. The van der Waals surface area contributed by atoms with Gasteiger partial charge in [-0.1, -0.05) is 31.2 Å². The van der Waals surface area contributed by atoms with Crippen LogP contribution < -0.4 is 15.4 Å². The van der Waals surface area contributed by atoms with E-state index in [1.807, 2.05) is 24.3 Å². The summed E-state index contributed by atoms with van der Waals surface area (Å²) < 4.78 is 5.55. The van der Waals surface area contributed by atoms with Crippen molar-refractivity contribution in [1.29, 1.82) is 0 Å². The summed E-state index contributed by atoms with van der Waals surface area (Å²) in [4.78, 5) is 30.6. The van der Waals surface area contributed by atoms with Crippen LogP contribution in [0.5, 0.6) is 5.75 Å². The fourth-order valence-electron chi connectivity index (χ4n) is 2.35. The van der Waals surface area contributed by atoms with Gasteiger partial charge in [0.15, 0.2) is 5.75 Å². The molecule has 0 bridgehead atoms. The minimum absolute atomic E-state index is 0.0949.